The number of aromatic nitrogens is 1. The molecular formula is C39H43N5O5S. The van der Waals surface area contributed by atoms with Gasteiger partial charge in [0.05, 0.1) is 48.8 Å². The second-order valence-corrected chi connectivity index (χ2v) is 15.1. The first kappa shape index (κ1) is 34.9. The number of morpholine rings is 1. The van der Waals surface area contributed by atoms with Gasteiger partial charge in [-0.15, -0.1) is 0 Å². The molecule has 6 rings (SSSR count). The lowest BCUT2D eigenvalue weighted by molar-refractivity contribution is 0.0336. The number of methoxy groups -OCH3 is 1. The molecule has 1 aliphatic heterocycles. The van der Waals surface area contributed by atoms with E-state index in [9.17, 15) is 13.2 Å². The molecule has 0 spiro atoms. The van der Waals surface area contributed by atoms with Crippen molar-refractivity contribution in [1.29, 1.82) is 0 Å². The molecule has 0 saturated carbocycles. The normalized spacial score (nSPS) is 13.9. The molecule has 2 amide bonds. The molecule has 0 bridgehead atoms. The molecule has 1 aliphatic rings. The molecule has 1 fully saturated rings. The number of fused-ring (bicyclic) bond motifs is 1. The van der Waals surface area contributed by atoms with E-state index >= 15 is 0 Å². The van der Waals surface area contributed by atoms with Crippen molar-refractivity contribution in [3.63, 3.8) is 0 Å². The zero-order chi connectivity index (χ0) is 35.3. The van der Waals surface area contributed by atoms with Gasteiger partial charge in [0.25, 0.3) is 0 Å². The number of urea groups is 1. The topological polar surface area (TPSA) is 122 Å². The minimum atomic E-state index is -3.81. The van der Waals surface area contributed by atoms with Gasteiger partial charge in [-0.25, -0.2) is 13.2 Å². The van der Waals surface area contributed by atoms with E-state index in [1.807, 2.05) is 75.5 Å². The van der Waals surface area contributed by atoms with Crippen LogP contribution in [0.15, 0.2) is 97.2 Å². The fraction of sp³-hybridized carbons (Fsp3) is 0.282. The number of carbonyl (C=O) groups is 1. The van der Waals surface area contributed by atoms with Crippen LogP contribution < -0.4 is 20.1 Å². The summed E-state index contributed by atoms with van der Waals surface area (Å²) in [6.07, 6.45) is 1.90. The lowest BCUT2D eigenvalue weighted by Gasteiger charge is -2.26. The molecule has 10 nitrogen and oxygen atoms in total. The Labute approximate surface area is 293 Å². The molecule has 1 aromatic heterocycles. The number of anilines is 3. The number of rotatable bonds is 10. The summed E-state index contributed by atoms with van der Waals surface area (Å²) < 4.78 is 40.3. The predicted molar refractivity (Wildman–Crippen MR) is 200 cm³/mol. The first-order valence-corrected chi connectivity index (χ1v) is 18.3. The number of nitrogens with zero attached hydrogens (tertiary/aromatic N) is 2. The van der Waals surface area contributed by atoms with E-state index in [1.54, 1.807) is 30.3 Å². The number of nitrogens with one attached hydrogen (secondary N) is 3. The number of amides is 2. The van der Waals surface area contributed by atoms with Crippen LogP contribution in [0.1, 0.15) is 37.6 Å². The number of benzene rings is 4. The minimum absolute atomic E-state index is 0.203. The van der Waals surface area contributed by atoms with Crippen LogP contribution in [0, 0.1) is 0 Å². The van der Waals surface area contributed by atoms with E-state index in [2.05, 4.69) is 32.4 Å². The Balaban J connectivity index is 1.24. The maximum absolute atomic E-state index is 13.6. The molecule has 5 aromatic rings. The van der Waals surface area contributed by atoms with E-state index in [1.165, 1.54) is 7.11 Å². The first-order chi connectivity index (χ1) is 24.0. The van der Waals surface area contributed by atoms with Crippen molar-refractivity contribution in [1.82, 2.24) is 9.88 Å². The molecule has 50 heavy (non-hydrogen) atoms. The molecule has 0 unspecified atom stereocenters. The first-order valence-electron chi connectivity index (χ1n) is 16.6. The van der Waals surface area contributed by atoms with Crippen LogP contribution in [0.25, 0.3) is 21.9 Å². The Kier molecular flexibility index (Phi) is 10.4. The van der Waals surface area contributed by atoms with Crippen molar-refractivity contribution in [3.05, 3.63) is 114 Å². The highest BCUT2D eigenvalue weighted by atomic mass is 32.2. The summed E-state index contributed by atoms with van der Waals surface area (Å²) in [4.78, 5) is 20.7. The number of hydrogen-bond donors (Lipinski definition) is 3. The lowest BCUT2D eigenvalue weighted by atomic mass is 9.86. The molecular weight excluding hydrogens is 651 g/mol. The van der Waals surface area contributed by atoms with E-state index in [0.29, 0.717) is 16.9 Å². The Bertz CT molecular complexity index is 2080. The molecule has 11 heteroatoms. The minimum Gasteiger partial charge on any atom is -0.492 e. The van der Waals surface area contributed by atoms with Gasteiger partial charge in [-0.2, -0.15) is 0 Å². The van der Waals surface area contributed by atoms with Gasteiger partial charge in [-0.1, -0.05) is 87.5 Å². The van der Waals surface area contributed by atoms with Crippen molar-refractivity contribution >= 4 is 43.9 Å². The molecule has 0 atom stereocenters. The Morgan fingerprint density at radius 3 is 2.22 bits per heavy atom. The summed E-state index contributed by atoms with van der Waals surface area (Å²) in [7, 11) is -2.36. The Hall–Kier alpha value is -4.97. The number of sulfonamides is 1. The van der Waals surface area contributed by atoms with Crippen LogP contribution in [0.2, 0.25) is 0 Å². The second kappa shape index (κ2) is 14.9. The van der Waals surface area contributed by atoms with Gasteiger partial charge in [-0.05, 0) is 51.8 Å². The van der Waals surface area contributed by atoms with E-state index in [0.717, 1.165) is 66.0 Å². The highest BCUT2D eigenvalue weighted by molar-refractivity contribution is 7.91. The molecule has 2 heterocycles. The Morgan fingerprint density at radius 2 is 1.54 bits per heavy atom. The van der Waals surface area contributed by atoms with Crippen LogP contribution in [0.5, 0.6) is 5.75 Å². The van der Waals surface area contributed by atoms with E-state index in [-0.39, 0.29) is 22.6 Å². The maximum atomic E-state index is 13.6. The van der Waals surface area contributed by atoms with Crippen LogP contribution >= 0.6 is 0 Å². The summed E-state index contributed by atoms with van der Waals surface area (Å²) in [6, 6.07) is 27.9. The number of hydrogen-bond acceptors (Lipinski definition) is 7. The predicted octanol–water partition coefficient (Wildman–Crippen LogP) is 7.63. The molecule has 0 radical (unpaired) electrons. The van der Waals surface area contributed by atoms with Crippen molar-refractivity contribution in [2.24, 2.45) is 0 Å². The SMILES string of the molecule is COc1c(NC(=O)Nc2ccc(-c3ccc(CN4CCOCC4)nc3)c3ccccc23)cc(C(C)(C)C)cc1NS(=O)(=O)Cc1ccccc1. The summed E-state index contributed by atoms with van der Waals surface area (Å²) in [6.45, 7) is 10.1. The monoisotopic (exact) mass is 693 g/mol. The average molecular weight is 694 g/mol. The third kappa shape index (κ3) is 8.42. The zero-order valence-electron chi connectivity index (χ0n) is 28.8. The third-order valence-corrected chi connectivity index (χ3v) is 9.91. The summed E-state index contributed by atoms with van der Waals surface area (Å²) in [5.74, 6) is -0.00732. The van der Waals surface area contributed by atoms with Crippen LogP contribution in [-0.2, 0) is 32.5 Å². The summed E-state index contributed by atoms with van der Waals surface area (Å²) >= 11 is 0. The van der Waals surface area contributed by atoms with E-state index in [4.69, 9.17) is 14.5 Å². The highest BCUT2D eigenvalue weighted by Crippen LogP contribution is 2.40. The van der Waals surface area contributed by atoms with Crippen molar-refractivity contribution in [2.45, 2.75) is 38.5 Å². The van der Waals surface area contributed by atoms with Gasteiger partial charge in [-0.3, -0.25) is 14.6 Å². The Morgan fingerprint density at radius 1 is 0.860 bits per heavy atom. The summed E-state index contributed by atoms with van der Waals surface area (Å²) in [5.41, 5.74) is 5.29. The fourth-order valence-electron chi connectivity index (χ4n) is 6.05. The standard InChI is InChI=1S/C39H43N5O5S/c1-39(2,3)29-22-35(37(48-4)36(23-29)43-50(46,47)26-27-10-6-5-7-11-27)42-38(45)41-34-17-16-31(32-12-8-9-13-33(32)34)28-14-15-30(40-24-28)25-44-18-20-49-21-19-44/h5-17,22-24,43H,18-21,25-26H2,1-4H3,(H2,41,42,45). The second-order valence-electron chi connectivity index (χ2n) is 13.4. The lowest BCUT2D eigenvalue weighted by Crippen LogP contribution is -2.35. The van der Waals surface area contributed by atoms with Gasteiger partial charge >= 0.3 is 6.03 Å². The van der Waals surface area contributed by atoms with Gasteiger partial charge in [0, 0.05) is 36.8 Å². The maximum Gasteiger partial charge on any atom is 0.323 e. The smallest absolute Gasteiger partial charge is 0.323 e. The van der Waals surface area contributed by atoms with Crippen molar-refractivity contribution < 1.29 is 22.7 Å². The number of pyridine rings is 1. The van der Waals surface area contributed by atoms with Crippen molar-refractivity contribution in [2.75, 3.05) is 48.8 Å². The summed E-state index contributed by atoms with van der Waals surface area (Å²) in [5, 5.41) is 7.75. The van der Waals surface area contributed by atoms with Crippen LogP contribution in [-0.4, -0.2) is 57.7 Å². The van der Waals surface area contributed by atoms with Crippen LogP contribution in [0.3, 0.4) is 0 Å². The van der Waals surface area contributed by atoms with Gasteiger partial charge in [0.15, 0.2) is 5.75 Å². The number of carbonyl (C=O) groups excluding carboxylic acids is 1. The molecule has 1 saturated heterocycles. The van der Waals surface area contributed by atoms with Gasteiger partial charge in [0.2, 0.25) is 10.0 Å². The quantitative estimate of drug-likeness (QED) is 0.138. The van der Waals surface area contributed by atoms with Gasteiger partial charge in [0.1, 0.15) is 0 Å². The molecule has 0 aliphatic carbocycles. The molecule has 3 N–H and O–H groups in total. The average Bonchev–Trinajstić information content (AvgIpc) is 3.09. The molecule has 4 aromatic carbocycles. The zero-order valence-corrected chi connectivity index (χ0v) is 29.6. The highest BCUT2D eigenvalue weighted by Gasteiger charge is 2.24. The third-order valence-electron chi connectivity index (χ3n) is 8.67. The fourth-order valence-corrected chi connectivity index (χ4v) is 7.24. The largest absolute Gasteiger partial charge is 0.492 e. The molecule has 260 valence electrons. The van der Waals surface area contributed by atoms with Crippen LogP contribution in [0.4, 0.5) is 21.9 Å². The number of ether oxygens (including phenoxy) is 2. The van der Waals surface area contributed by atoms with E-state index < -0.39 is 16.1 Å². The van der Waals surface area contributed by atoms with Crippen molar-refractivity contribution in [3.8, 4) is 16.9 Å². The van der Waals surface area contributed by atoms with Gasteiger partial charge < -0.3 is 20.1 Å².